The van der Waals surface area contributed by atoms with Crippen molar-refractivity contribution in [3.05, 3.63) is 59.7 Å². The number of aromatic nitrogens is 5. The van der Waals surface area contributed by atoms with Crippen LogP contribution >= 0.6 is 11.3 Å². The molecule has 1 saturated carbocycles. The van der Waals surface area contributed by atoms with Crippen LogP contribution in [0.4, 0.5) is 14.6 Å². The van der Waals surface area contributed by atoms with Gasteiger partial charge in [0.1, 0.15) is 34.9 Å². The molecule has 33 heavy (non-hydrogen) atoms. The molecule has 0 aromatic carbocycles. The van der Waals surface area contributed by atoms with Gasteiger partial charge in [-0.2, -0.15) is 0 Å². The molecule has 11 heteroatoms. The number of esters is 1. The van der Waals surface area contributed by atoms with Crippen LogP contribution in [0.5, 0.6) is 0 Å². The van der Waals surface area contributed by atoms with E-state index in [0.717, 1.165) is 0 Å². The molecule has 0 unspecified atom stereocenters. The lowest BCUT2D eigenvalue weighted by Gasteiger charge is -2.29. The number of carbonyl (C=O) groups excluding carboxylic acids is 1. The molecule has 5 rings (SSSR count). The van der Waals surface area contributed by atoms with E-state index >= 15 is 0 Å². The van der Waals surface area contributed by atoms with E-state index in [9.17, 15) is 13.6 Å². The lowest BCUT2D eigenvalue weighted by Crippen LogP contribution is -2.30. The molecule has 4 aromatic rings. The first-order valence-electron chi connectivity index (χ1n) is 10.4. The SMILES string of the molecule is CCOC(=O)c1csc2nc(-c3ccc(NCC4CC(F)C4)nn3)cn12.Fc1cccnc1. The highest BCUT2D eigenvalue weighted by molar-refractivity contribution is 7.15. The molecular weight excluding hydrogens is 450 g/mol. The second-order valence-electron chi connectivity index (χ2n) is 7.41. The number of carbonyl (C=O) groups is 1. The van der Waals surface area contributed by atoms with Crippen LogP contribution in [0.25, 0.3) is 16.3 Å². The highest BCUT2D eigenvalue weighted by Gasteiger charge is 2.28. The summed E-state index contributed by atoms with van der Waals surface area (Å²) in [6.45, 7) is 2.80. The maximum Gasteiger partial charge on any atom is 0.356 e. The van der Waals surface area contributed by atoms with Gasteiger partial charge >= 0.3 is 5.97 Å². The van der Waals surface area contributed by atoms with Crippen molar-refractivity contribution >= 4 is 28.1 Å². The normalized spacial score (nSPS) is 17.1. The smallest absolute Gasteiger partial charge is 0.356 e. The summed E-state index contributed by atoms with van der Waals surface area (Å²) in [5.74, 6) is 0.360. The molecule has 0 bridgehead atoms. The minimum absolute atomic E-state index is 0.289. The van der Waals surface area contributed by atoms with Gasteiger partial charge in [0.15, 0.2) is 4.96 Å². The monoisotopic (exact) mass is 472 g/mol. The quantitative estimate of drug-likeness (QED) is 0.416. The van der Waals surface area contributed by atoms with Gasteiger partial charge in [-0.1, -0.05) is 0 Å². The van der Waals surface area contributed by atoms with Crippen molar-refractivity contribution in [2.45, 2.75) is 25.9 Å². The summed E-state index contributed by atoms with van der Waals surface area (Å²) in [7, 11) is 0. The predicted molar refractivity (Wildman–Crippen MR) is 120 cm³/mol. The molecule has 0 spiro atoms. The van der Waals surface area contributed by atoms with Crippen LogP contribution in [-0.4, -0.2) is 49.9 Å². The Hall–Kier alpha value is -3.47. The third-order valence-corrected chi connectivity index (χ3v) is 5.84. The first-order chi connectivity index (χ1) is 16.0. The van der Waals surface area contributed by atoms with Gasteiger partial charge in [-0.15, -0.1) is 21.5 Å². The summed E-state index contributed by atoms with van der Waals surface area (Å²) in [6.07, 6.45) is 5.04. The lowest BCUT2D eigenvalue weighted by molar-refractivity contribution is 0.0518. The van der Waals surface area contributed by atoms with E-state index in [2.05, 4.69) is 25.5 Å². The summed E-state index contributed by atoms with van der Waals surface area (Å²) in [6, 6.07) is 6.56. The van der Waals surface area contributed by atoms with Gasteiger partial charge in [-0.05, 0) is 49.9 Å². The zero-order valence-electron chi connectivity index (χ0n) is 17.8. The highest BCUT2D eigenvalue weighted by atomic mass is 32.1. The lowest BCUT2D eigenvalue weighted by atomic mass is 9.83. The minimum Gasteiger partial charge on any atom is -0.461 e. The summed E-state index contributed by atoms with van der Waals surface area (Å²) in [4.78, 5) is 20.7. The molecule has 0 aliphatic heterocycles. The first-order valence-corrected chi connectivity index (χ1v) is 11.3. The van der Waals surface area contributed by atoms with Crippen molar-refractivity contribution in [3.63, 3.8) is 0 Å². The number of ether oxygens (including phenoxy) is 1. The van der Waals surface area contributed by atoms with E-state index in [1.54, 1.807) is 29.0 Å². The minimum atomic E-state index is -0.649. The van der Waals surface area contributed by atoms with Crippen molar-refractivity contribution in [2.24, 2.45) is 5.92 Å². The molecule has 4 aromatic heterocycles. The Labute approximate surface area is 192 Å². The Kier molecular flexibility index (Phi) is 7.18. The third-order valence-electron chi connectivity index (χ3n) is 5.00. The predicted octanol–water partition coefficient (Wildman–Crippen LogP) is 4.41. The van der Waals surface area contributed by atoms with Crippen molar-refractivity contribution < 1.29 is 18.3 Å². The number of alkyl halides is 1. The van der Waals surface area contributed by atoms with Crippen molar-refractivity contribution in [1.29, 1.82) is 0 Å². The van der Waals surface area contributed by atoms with Gasteiger partial charge in [-0.3, -0.25) is 9.38 Å². The van der Waals surface area contributed by atoms with Gasteiger partial charge in [0, 0.05) is 24.3 Å². The van der Waals surface area contributed by atoms with E-state index < -0.39 is 6.17 Å². The van der Waals surface area contributed by atoms with Crippen LogP contribution in [0.2, 0.25) is 0 Å². The topological polar surface area (TPSA) is 94.3 Å². The van der Waals surface area contributed by atoms with Crippen molar-refractivity contribution in [3.8, 4) is 11.4 Å². The molecule has 1 aliphatic carbocycles. The third kappa shape index (κ3) is 5.67. The maximum atomic E-state index is 12.8. The molecule has 172 valence electrons. The Morgan fingerprint density at radius 2 is 2.12 bits per heavy atom. The number of nitrogens with zero attached hydrogens (tertiary/aromatic N) is 5. The number of nitrogens with one attached hydrogen (secondary N) is 1. The molecule has 1 fully saturated rings. The number of thiazole rings is 1. The first kappa shape index (κ1) is 22.7. The maximum absolute atomic E-state index is 12.8. The number of hydrogen-bond donors (Lipinski definition) is 1. The number of pyridine rings is 1. The van der Waals surface area contributed by atoms with Crippen LogP contribution in [0.3, 0.4) is 0 Å². The Morgan fingerprint density at radius 1 is 1.27 bits per heavy atom. The summed E-state index contributed by atoms with van der Waals surface area (Å²) >= 11 is 1.37. The fourth-order valence-corrected chi connectivity index (χ4v) is 4.08. The fourth-order valence-electron chi connectivity index (χ4n) is 3.23. The number of anilines is 1. The Morgan fingerprint density at radius 3 is 2.73 bits per heavy atom. The molecule has 1 N–H and O–H groups in total. The van der Waals surface area contributed by atoms with Crippen LogP contribution in [0.1, 0.15) is 30.3 Å². The number of fused-ring (bicyclic) bond motifs is 1. The van der Waals surface area contributed by atoms with Crippen LogP contribution in [0, 0.1) is 11.7 Å². The second kappa shape index (κ2) is 10.4. The Balaban J connectivity index is 0.000000318. The number of imidazole rings is 1. The van der Waals surface area contributed by atoms with E-state index in [0.29, 0.717) is 59.8 Å². The zero-order chi connectivity index (χ0) is 23.2. The number of rotatable bonds is 6. The zero-order valence-corrected chi connectivity index (χ0v) is 18.6. The average molecular weight is 473 g/mol. The van der Waals surface area contributed by atoms with Gasteiger partial charge in [-0.25, -0.2) is 18.6 Å². The fraction of sp³-hybridized carbons (Fsp3) is 0.318. The van der Waals surface area contributed by atoms with Crippen molar-refractivity contribution in [1.82, 2.24) is 24.6 Å². The van der Waals surface area contributed by atoms with Gasteiger partial charge in [0.05, 0.1) is 12.8 Å². The molecule has 0 saturated heterocycles. The van der Waals surface area contributed by atoms with Crippen LogP contribution in [0.15, 0.2) is 48.2 Å². The van der Waals surface area contributed by atoms with Gasteiger partial charge < -0.3 is 10.1 Å². The van der Waals surface area contributed by atoms with Crippen LogP contribution in [-0.2, 0) is 4.74 Å². The van der Waals surface area contributed by atoms with Gasteiger partial charge in [0.2, 0.25) is 0 Å². The molecule has 0 radical (unpaired) electrons. The van der Waals surface area contributed by atoms with E-state index in [4.69, 9.17) is 4.74 Å². The van der Waals surface area contributed by atoms with Gasteiger partial charge in [0.25, 0.3) is 0 Å². The highest BCUT2D eigenvalue weighted by Crippen LogP contribution is 2.30. The Bertz CT molecular complexity index is 1190. The summed E-state index contributed by atoms with van der Waals surface area (Å²) in [5, 5.41) is 13.3. The standard InChI is InChI=1S/C17H18FN5O2S.C5H4FN/c1-2-25-16(24)14-9-26-17-20-13(8-23(14)17)12-3-4-15(22-21-12)19-7-10-5-11(18)6-10;6-5-2-1-3-7-4-5/h3-4,8-11H,2,5-7H2,1H3,(H,19,22);1-4H. The van der Waals surface area contributed by atoms with Crippen LogP contribution < -0.4 is 5.32 Å². The van der Waals surface area contributed by atoms with E-state index in [1.165, 1.54) is 29.8 Å². The molecule has 8 nitrogen and oxygen atoms in total. The van der Waals surface area contributed by atoms with E-state index in [-0.39, 0.29) is 11.8 Å². The average Bonchev–Trinajstić information content (AvgIpc) is 3.38. The number of hydrogen-bond acceptors (Lipinski definition) is 8. The summed E-state index contributed by atoms with van der Waals surface area (Å²) < 4.78 is 31.4. The molecule has 1 aliphatic rings. The summed E-state index contributed by atoms with van der Waals surface area (Å²) in [5.41, 5.74) is 1.71. The largest absolute Gasteiger partial charge is 0.461 e. The second-order valence-corrected chi connectivity index (χ2v) is 8.25. The number of halogens is 2. The van der Waals surface area contributed by atoms with E-state index in [1.807, 2.05) is 12.1 Å². The van der Waals surface area contributed by atoms with Crippen molar-refractivity contribution in [2.75, 3.05) is 18.5 Å². The molecular formula is C22H22F2N6O2S. The molecule has 0 atom stereocenters. The molecule has 4 heterocycles. The molecule has 0 amide bonds.